The van der Waals surface area contributed by atoms with Gasteiger partial charge in [-0.1, -0.05) is 12.1 Å². The SMILES string of the molecule is CCn1ncc2c1CCCC2NCc1cc2cccc(OC)c2o1. The summed E-state index contributed by atoms with van der Waals surface area (Å²) >= 11 is 0. The van der Waals surface area contributed by atoms with Crippen LogP contribution in [0.25, 0.3) is 11.0 Å². The molecule has 1 aliphatic carbocycles. The Morgan fingerprint density at radius 2 is 2.33 bits per heavy atom. The average molecular weight is 325 g/mol. The van der Waals surface area contributed by atoms with Crippen molar-refractivity contribution < 1.29 is 9.15 Å². The topological polar surface area (TPSA) is 52.2 Å². The average Bonchev–Trinajstić information content (AvgIpc) is 3.23. The quantitative estimate of drug-likeness (QED) is 0.775. The molecule has 1 aromatic carbocycles. The number of furan rings is 1. The summed E-state index contributed by atoms with van der Waals surface area (Å²) in [7, 11) is 1.67. The standard InChI is InChI=1S/C19H23N3O2/c1-3-22-17-8-5-7-16(15(17)12-21-22)20-11-14-10-13-6-4-9-18(23-2)19(13)24-14/h4,6,9-10,12,16,20H,3,5,7-8,11H2,1-2H3. The molecule has 0 saturated carbocycles. The highest BCUT2D eigenvalue weighted by molar-refractivity contribution is 5.83. The summed E-state index contributed by atoms with van der Waals surface area (Å²) in [5.74, 6) is 1.72. The molecule has 1 atom stereocenters. The van der Waals surface area contributed by atoms with Crippen LogP contribution in [0.2, 0.25) is 0 Å². The highest BCUT2D eigenvalue weighted by Crippen LogP contribution is 2.31. The molecule has 0 radical (unpaired) electrons. The lowest BCUT2D eigenvalue weighted by atomic mass is 9.93. The van der Waals surface area contributed by atoms with E-state index in [1.165, 1.54) is 17.7 Å². The second-order valence-electron chi connectivity index (χ2n) is 6.28. The molecule has 0 fully saturated rings. The first kappa shape index (κ1) is 15.3. The fourth-order valence-corrected chi connectivity index (χ4v) is 3.66. The first-order chi connectivity index (χ1) is 11.8. The Morgan fingerprint density at radius 3 is 3.17 bits per heavy atom. The van der Waals surface area contributed by atoms with Crippen molar-refractivity contribution in [3.63, 3.8) is 0 Å². The summed E-state index contributed by atoms with van der Waals surface area (Å²) in [4.78, 5) is 0. The van der Waals surface area contributed by atoms with Crippen LogP contribution in [0.3, 0.4) is 0 Å². The number of hydrogen-bond donors (Lipinski definition) is 1. The van der Waals surface area contributed by atoms with E-state index in [9.17, 15) is 0 Å². The van der Waals surface area contributed by atoms with Gasteiger partial charge in [0.05, 0.1) is 19.9 Å². The largest absolute Gasteiger partial charge is 0.493 e. The number of ether oxygens (including phenoxy) is 1. The lowest BCUT2D eigenvalue weighted by Gasteiger charge is -2.23. The molecular weight excluding hydrogens is 302 g/mol. The number of nitrogens with zero attached hydrogens (tertiary/aromatic N) is 2. The molecule has 4 rings (SSSR count). The fraction of sp³-hybridized carbons (Fsp3) is 0.421. The van der Waals surface area contributed by atoms with Crippen molar-refractivity contribution in [1.29, 1.82) is 0 Å². The van der Waals surface area contributed by atoms with Gasteiger partial charge in [0, 0.05) is 29.2 Å². The number of aromatic nitrogens is 2. The first-order valence-corrected chi connectivity index (χ1v) is 8.63. The molecule has 0 amide bonds. The second kappa shape index (κ2) is 6.32. The summed E-state index contributed by atoms with van der Waals surface area (Å²) < 4.78 is 13.5. The van der Waals surface area contributed by atoms with Gasteiger partial charge in [-0.25, -0.2) is 0 Å². The van der Waals surface area contributed by atoms with E-state index >= 15 is 0 Å². The number of para-hydroxylation sites is 1. The van der Waals surface area contributed by atoms with E-state index in [1.54, 1.807) is 7.11 Å². The van der Waals surface area contributed by atoms with Crippen LogP contribution in [-0.2, 0) is 19.5 Å². The molecule has 5 heteroatoms. The summed E-state index contributed by atoms with van der Waals surface area (Å²) in [6.07, 6.45) is 5.50. The number of rotatable bonds is 5. The molecule has 1 aliphatic rings. The molecule has 0 aliphatic heterocycles. The Bertz CT molecular complexity index is 850. The molecule has 24 heavy (non-hydrogen) atoms. The third-order valence-electron chi connectivity index (χ3n) is 4.86. The fourth-order valence-electron chi connectivity index (χ4n) is 3.66. The minimum absolute atomic E-state index is 0.351. The molecular formula is C19H23N3O2. The minimum Gasteiger partial charge on any atom is -0.493 e. The Morgan fingerprint density at radius 1 is 1.42 bits per heavy atom. The van der Waals surface area contributed by atoms with E-state index < -0.39 is 0 Å². The van der Waals surface area contributed by atoms with Crippen molar-refractivity contribution in [1.82, 2.24) is 15.1 Å². The molecule has 3 aromatic rings. The van der Waals surface area contributed by atoms with Crippen LogP contribution in [0.4, 0.5) is 0 Å². The van der Waals surface area contributed by atoms with Crippen LogP contribution in [0, 0.1) is 0 Å². The number of hydrogen-bond acceptors (Lipinski definition) is 4. The van der Waals surface area contributed by atoms with Crippen LogP contribution in [0.15, 0.2) is 34.9 Å². The van der Waals surface area contributed by atoms with Gasteiger partial charge in [-0.15, -0.1) is 0 Å². The highest BCUT2D eigenvalue weighted by atomic mass is 16.5. The molecule has 0 saturated heterocycles. The van der Waals surface area contributed by atoms with Crippen LogP contribution >= 0.6 is 0 Å². The van der Waals surface area contributed by atoms with Crippen molar-refractivity contribution in [2.45, 2.75) is 45.3 Å². The molecule has 1 unspecified atom stereocenters. The zero-order valence-corrected chi connectivity index (χ0v) is 14.2. The first-order valence-electron chi connectivity index (χ1n) is 8.63. The van der Waals surface area contributed by atoms with E-state index in [0.717, 1.165) is 41.9 Å². The van der Waals surface area contributed by atoms with Gasteiger partial charge in [-0.05, 0) is 38.3 Å². The van der Waals surface area contributed by atoms with Gasteiger partial charge in [-0.2, -0.15) is 5.10 Å². The van der Waals surface area contributed by atoms with E-state index in [1.807, 2.05) is 18.3 Å². The molecule has 126 valence electrons. The van der Waals surface area contributed by atoms with E-state index in [4.69, 9.17) is 9.15 Å². The Balaban J connectivity index is 1.53. The lowest BCUT2D eigenvalue weighted by molar-refractivity contribution is 0.398. The number of fused-ring (bicyclic) bond motifs is 2. The monoisotopic (exact) mass is 325 g/mol. The van der Waals surface area contributed by atoms with E-state index in [-0.39, 0.29) is 0 Å². The molecule has 0 bridgehead atoms. The van der Waals surface area contributed by atoms with Gasteiger partial charge in [0.2, 0.25) is 0 Å². The van der Waals surface area contributed by atoms with Gasteiger partial charge in [0.15, 0.2) is 11.3 Å². The lowest BCUT2D eigenvalue weighted by Crippen LogP contribution is -2.24. The van der Waals surface area contributed by atoms with Gasteiger partial charge in [0.1, 0.15) is 5.76 Å². The smallest absolute Gasteiger partial charge is 0.176 e. The number of methoxy groups -OCH3 is 1. The van der Waals surface area contributed by atoms with E-state index in [0.29, 0.717) is 12.6 Å². The molecule has 1 N–H and O–H groups in total. The maximum absolute atomic E-state index is 5.99. The zero-order valence-electron chi connectivity index (χ0n) is 14.2. The Hall–Kier alpha value is -2.27. The zero-order chi connectivity index (χ0) is 16.5. The number of nitrogens with one attached hydrogen (secondary N) is 1. The van der Waals surface area contributed by atoms with Crippen LogP contribution in [0.5, 0.6) is 5.75 Å². The number of aryl methyl sites for hydroxylation is 1. The summed E-state index contributed by atoms with van der Waals surface area (Å²) in [5, 5.41) is 9.24. The minimum atomic E-state index is 0.351. The van der Waals surface area contributed by atoms with Crippen molar-refractivity contribution in [3.8, 4) is 5.75 Å². The third kappa shape index (κ3) is 2.59. The van der Waals surface area contributed by atoms with Crippen molar-refractivity contribution in [3.05, 3.63) is 47.5 Å². The van der Waals surface area contributed by atoms with Crippen LogP contribution < -0.4 is 10.1 Å². The Labute approximate surface area is 141 Å². The van der Waals surface area contributed by atoms with E-state index in [2.05, 4.69) is 34.2 Å². The van der Waals surface area contributed by atoms with Crippen LogP contribution in [0.1, 0.15) is 42.8 Å². The summed E-state index contributed by atoms with van der Waals surface area (Å²) in [6.45, 7) is 3.79. The van der Waals surface area contributed by atoms with Gasteiger partial charge in [-0.3, -0.25) is 4.68 Å². The van der Waals surface area contributed by atoms with Crippen molar-refractivity contribution >= 4 is 11.0 Å². The molecule has 2 aromatic heterocycles. The molecule has 0 spiro atoms. The third-order valence-corrected chi connectivity index (χ3v) is 4.86. The van der Waals surface area contributed by atoms with Crippen molar-refractivity contribution in [2.75, 3.05) is 7.11 Å². The Kier molecular flexibility index (Phi) is 4.02. The second-order valence-corrected chi connectivity index (χ2v) is 6.28. The summed E-state index contributed by atoms with van der Waals surface area (Å²) in [6, 6.07) is 8.40. The normalized spacial score (nSPS) is 17.2. The molecule has 2 heterocycles. The molecule has 5 nitrogen and oxygen atoms in total. The van der Waals surface area contributed by atoms with Gasteiger partial charge >= 0.3 is 0 Å². The van der Waals surface area contributed by atoms with Gasteiger partial charge in [0.25, 0.3) is 0 Å². The number of benzene rings is 1. The maximum atomic E-state index is 5.99. The van der Waals surface area contributed by atoms with Crippen LogP contribution in [-0.4, -0.2) is 16.9 Å². The highest BCUT2D eigenvalue weighted by Gasteiger charge is 2.23. The van der Waals surface area contributed by atoms with Gasteiger partial charge < -0.3 is 14.5 Å². The predicted molar refractivity (Wildman–Crippen MR) is 93.2 cm³/mol. The summed E-state index contributed by atoms with van der Waals surface area (Å²) in [5.41, 5.74) is 3.55. The predicted octanol–water partition coefficient (Wildman–Crippen LogP) is 3.83. The maximum Gasteiger partial charge on any atom is 0.176 e. The van der Waals surface area contributed by atoms with Crippen molar-refractivity contribution in [2.24, 2.45) is 0 Å².